The first kappa shape index (κ1) is 15.1. The Balaban J connectivity index is 2.21. The highest BCUT2D eigenvalue weighted by atomic mass is 32.2. The first-order valence-electron chi connectivity index (χ1n) is 5.95. The van der Waals surface area contributed by atoms with Gasteiger partial charge >= 0.3 is 0 Å². The topological polar surface area (TPSA) is 72.2 Å². The molecule has 0 unspecified atom stereocenters. The number of thiophene rings is 1. The van der Waals surface area contributed by atoms with E-state index in [1.807, 2.05) is 0 Å². The zero-order chi connectivity index (χ0) is 14.8. The molecule has 0 spiro atoms. The van der Waals surface area contributed by atoms with Crippen LogP contribution in [0.4, 0.5) is 4.39 Å². The molecule has 0 saturated heterocycles. The quantitative estimate of drug-likeness (QED) is 0.888. The third-order valence-corrected chi connectivity index (χ3v) is 5.68. The first-order chi connectivity index (χ1) is 9.44. The zero-order valence-corrected chi connectivity index (χ0v) is 12.5. The lowest BCUT2D eigenvalue weighted by molar-refractivity contribution is 0.579. The number of nitrogens with one attached hydrogen (secondary N) is 1. The van der Waals surface area contributed by atoms with Crippen molar-refractivity contribution in [1.82, 2.24) is 4.72 Å². The molecule has 3 N–H and O–H groups in total. The van der Waals surface area contributed by atoms with Gasteiger partial charge < -0.3 is 5.73 Å². The summed E-state index contributed by atoms with van der Waals surface area (Å²) in [5.41, 5.74) is 6.79. The van der Waals surface area contributed by atoms with Gasteiger partial charge in [-0.15, -0.1) is 11.3 Å². The molecule has 1 heterocycles. The number of halogens is 1. The monoisotopic (exact) mass is 314 g/mol. The van der Waals surface area contributed by atoms with Crippen molar-refractivity contribution in [2.24, 2.45) is 5.73 Å². The smallest absolute Gasteiger partial charge is 0.242 e. The standard InChI is InChI=1S/C13H15FN2O2S2/c1-9-8-19-12(6-15)13(9)20(17,18)16-7-10-3-2-4-11(14)5-10/h2-5,8,16H,6-7,15H2,1H3. The number of hydrogen-bond acceptors (Lipinski definition) is 4. The van der Waals surface area contributed by atoms with Gasteiger partial charge in [-0.25, -0.2) is 17.5 Å². The Morgan fingerprint density at radius 2 is 2.15 bits per heavy atom. The maximum atomic E-state index is 13.1. The summed E-state index contributed by atoms with van der Waals surface area (Å²) >= 11 is 1.32. The maximum absolute atomic E-state index is 13.1. The summed E-state index contributed by atoms with van der Waals surface area (Å²) in [6.07, 6.45) is 0. The lowest BCUT2D eigenvalue weighted by atomic mass is 10.2. The third kappa shape index (κ3) is 3.24. The normalized spacial score (nSPS) is 11.8. The van der Waals surface area contributed by atoms with E-state index in [2.05, 4.69) is 4.72 Å². The van der Waals surface area contributed by atoms with Crippen molar-refractivity contribution >= 4 is 21.4 Å². The van der Waals surface area contributed by atoms with E-state index in [-0.39, 0.29) is 18.0 Å². The van der Waals surface area contributed by atoms with E-state index in [1.54, 1.807) is 24.4 Å². The fraction of sp³-hybridized carbons (Fsp3) is 0.231. The number of sulfonamides is 1. The van der Waals surface area contributed by atoms with Crippen molar-refractivity contribution in [1.29, 1.82) is 0 Å². The van der Waals surface area contributed by atoms with Crippen molar-refractivity contribution in [2.45, 2.75) is 24.9 Å². The Labute approximate surface area is 121 Å². The second-order valence-corrected chi connectivity index (χ2v) is 7.00. The predicted molar refractivity (Wildman–Crippen MR) is 77.4 cm³/mol. The van der Waals surface area contributed by atoms with E-state index in [1.165, 1.54) is 23.5 Å². The molecular weight excluding hydrogens is 299 g/mol. The summed E-state index contributed by atoms with van der Waals surface area (Å²) in [6, 6.07) is 5.82. The van der Waals surface area contributed by atoms with Gasteiger partial charge in [0.15, 0.2) is 0 Å². The minimum absolute atomic E-state index is 0.0411. The molecule has 0 radical (unpaired) electrons. The highest BCUT2D eigenvalue weighted by molar-refractivity contribution is 7.89. The molecule has 1 aromatic carbocycles. The summed E-state index contributed by atoms with van der Waals surface area (Å²) in [5.74, 6) is -0.393. The molecule has 2 aromatic rings. The molecule has 7 heteroatoms. The fourth-order valence-electron chi connectivity index (χ4n) is 1.89. The molecule has 20 heavy (non-hydrogen) atoms. The number of rotatable bonds is 5. The van der Waals surface area contributed by atoms with Crippen molar-refractivity contribution in [3.8, 4) is 0 Å². The van der Waals surface area contributed by atoms with Gasteiger partial charge in [-0.05, 0) is 35.6 Å². The van der Waals surface area contributed by atoms with Crippen LogP contribution in [-0.4, -0.2) is 8.42 Å². The van der Waals surface area contributed by atoms with Crippen LogP contribution in [0.25, 0.3) is 0 Å². The van der Waals surface area contributed by atoms with Crippen LogP contribution in [0.5, 0.6) is 0 Å². The molecule has 0 bridgehead atoms. The number of aryl methyl sites for hydroxylation is 1. The van der Waals surface area contributed by atoms with Crippen molar-refractivity contribution < 1.29 is 12.8 Å². The molecule has 4 nitrogen and oxygen atoms in total. The lowest BCUT2D eigenvalue weighted by Gasteiger charge is -2.08. The fourth-order valence-corrected chi connectivity index (χ4v) is 4.60. The van der Waals surface area contributed by atoms with Crippen LogP contribution >= 0.6 is 11.3 Å². The average molecular weight is 314 g/mol. The van der Waals surface area contributed by atoms with E-state index in [0.717, 1.165) is 0 Å². The predicted octanol–water partition coefficient (Wildman–Crippen LogP) is 2.13. The highest BCUT2D eigenvalue weighted by Gasteiger charge is 2.22. The maximum Gasteiger partial charge on any atom is 0.242 e. The van der Waals surface area contributed by atoms with Gasteiger partial charge in [0, 0.05) is 18.0 Å². The van der Waals surface area contributed by atoms with Crippen molar-refractivity contribution in [2.75, 3.05) is 0 Å². The largest absolute Gasteiger partial charge is 0.326 e. The van der Waals surface area contributed by atoms with E-state index in [0.29, 0.717) is 16.0 Å². The molecule has 1 aromatic heterocycles. The van der Waals surface area contributed by atoms with E-state index in [9.17, 15) is 12.8 Å². The van der Waals surface area contributed by atoms with E-state index in [4.69, 9.17) is 5.73 Å². The van der Waals surface area contributed by atoms with Gasteiger partial charge in [-0.2, -0.15) is 0 Å². The Morgan fingerprint density at radius 3 is 2.80 bits per heavy atom. The van der Waals surface area contributed by atoms with Crippen molar-refractivity contribution in [3.63, 3.8) is 0 Å². The summed E-state index contributed by atoms with van der Waals surface area (Å²) in [7, 11) is -3.64. The van der Waals surface area contributed by atoms with Gasteiger partial charge in [0.1, 0.15) is 10.7 Å². The minimum Gasteiger partial charge on any atom is -0.326 e. The SMILES string of the molecule is Cc1csc(CN)c1S(=O)(=O)NCc1cccc(F)c1. The van der Waals surface area contributed by atoms with E-state index < -0.39 is 15.8 Å². The molecule has 0 aliphatic rings. The molecule has 0 aliphatic carbocycles. The Bertz CT molecular complexity index is 711. The molecule has 2 rings (SSSR count). The molecule has 0 fully saturated rings. The van der Waals surface area contributed by atoms with Gasteiger partial charge in [-0.3, -0.25) is 0 Å². The molecule has 108 valence electrons. The highest BCUT2D eigenvalue weighted by Crippen LogP contribution is 2.26. The van der Waals surface area contributed by atoms with Crippen LogP contribution in [0.2, 0.25) is 0 Å². The van der Waals surface area contributed by atoms with Crippen LogP contribution in [-0.2, 0) is 23.1 Å². The van der Waals surface area contributed by atoms with Gasteiger partial charge in [-0.1, -0.05) is 12.1 Å². The molecule has 0 atom stereocenters. The number of hydrogen-bond donors (Lipinski definition) is 2. The van der Waals surface area contributed by atoms with Crippen molar-refractivity contribution in [3.05, 3.63) is 51.5 Å². The number of benzene rings is 1. The molecule has 0 aliphatic heterocycles. The second-order valence-electron chi connectivity index (χ2n) is 4.33. The van der Waals surface area contributed by atoms with Crippen LogP contribution < -0.4 is 10.5 Å². The Morgan fingerprint density at radius 1 is 1.40 bits per heavy atom. The second kappa shape index (κ2) is 6.01. The van der Waals surface area contributed by atoms with Gasteiger partial charge in [0.25, 0.3) is 0 Å². The van der Waals surface area contributed by atoms with Gasteiger partial charge in [0.2, 0.25) is 10.0 Å². The summed E-state index contributed by atoms with van der Waals surface area (Å²) in [4.78, 5) is 0.857. The Hall–Kier alpha value is -1.28. The average Bonchev–Trinajstić information content (AvgIpc) is 2.78. The van der Waals surface area contributed by atoms with Crippen LogP contribution in [0.15, 0.2) is 34.5 Å². The summed E-state index contributed by atoms with van der Waals surface area (Å²) < 4.78 is 40.1. The number of nitrogens with two attached hydrogens (primary N) is 1. The van der Waals surface area contributed by atoms with E-state index >= 15 is 0 Å². The van der Waals surface area contributed by atoms with Crippen LogP contribution in [0.1, 0.15) is 16.0 Å². The first-order valence-corrected chi connectivity index (χ1v) is 8.31. The zero-order valence-electron chi connectivity index (χ0n) is 10.9. The minimum atomic E-state index is -3.64. The summed E-state index contributed by atoms with van der Waals surface area (Å²) in [5, 5.41) is 1.76. The lowest BCUT2D eigenvalue weighted by Crippen LogP contribution is -2.24. The molecular formula is C13H15FN2O2S2. The van der Waals surface area contributed by atoms with Crippen LogP contribution in [0, 0.1) is 12.7 Å². The Kier molecular flexibility index (Phi) is 4.54. The van der Waals surface area contributed by atoms with Crippen LogP contribution in [0.3, 0.4) is 0 Å². The summed E-state index contributed by atoms with van der Waals surface area (Å²) in [6.45, 7) is 1.94. The molecule has 0 amide bonds. The third-order valence-electron chi connectivity index (χ3n) is 2.80. The molecule has 0 saturated carbocycles. The van der Waals surface area contributed by atoms with Gasteiger partial charge in [0.05, 0.1) is 0 Å².